The first-order valence-electron chi connectivity index (χ1n) is 13.9. The number of rotatable bonds is 8. The number of carbonyl (C=O) groups is 1. The summed E-state index contributed by atoms with van der Waals surface area (Å²) in [5, 5.41) is 0. The molecule has 0 N–H and O–H groups in total. The lowest BCUT2D eigenvalue weighted by Gasteiger charge is -2.20. The molecule has 0 aromatic heterocycles. The first kappa shape index (κ1) is 28.6. The first-order valence-corrected chi connectivity index (χ1v) is 13.9. The minimum atomic E-state index is -4.68. The van der Waals surface area contributed by atoms with Gasteiger partial charge in [0, 0.05) is 34.7 Å². The summed E-state index contributed by atoms with van der Waals surface area (Å²) in [5.74, 6) is 0.0460. The van der Waals surface area contributed by atoms with E-state index in [1.807, 2.05) is 36.4 Å². The molecule has 0 saturated heterocycles. The number of halogens is 4. The van der Waals surface area contributed by atoms with Crippen LogP contribution in [0, 0.1) is 5.82 Å². The normalized spacial score (nSPS) is 17.1. The molecular formula is C34H28F4O5. The molecule has 222 valence electrons. The predicted molar refractivity (Wildman–Crippen MR) is 151 cm³/mol. The number of methoxy groups -OCH3 is 1. The van der Waals surface area contributed by atoms with Crippen molar-refractivity contribution in [3.63, 3.8) is 0 Å². The molecule has 5 nitrogen and oxygen atoms in total. The van der Waals surface area contributed by atoms with Crippen molar-refractivity contribution in [3.05, 3.63) is 112 Å². The van der Waals surface area contributed by atoms with Crippen LogP contribution in [0.25, 0.3) is 11.1 Å². The summed E-state index contributed by atoms with van der Waals surface area (Å²) in [7, 11) is 1.34. The van der Waals surface area contributed by atoms with Crippen LogP contribution in [0.1, 0.15) is 52.7 Å². The van der Waals surface area contributed by atoms with Crippen molar-refractivity contribution in [1.29, 1.82) is 0 Å². The molecule has 1 aliphatic heterocycles. The predicted octanol–water partition coefficient (Wildman–Crippen LogP) is 8.20. The van der Waals surface area contributed by atoms with E-state index in [1.54, 1.807) is 12.1 Å². The fraction of sp³-hybridized carbons (Fsp3) is 0.265. The Labute approximate surface area is 246 Å². The highest BCUT2D eigenvalue weighted by atomic mass is 19.4. The van der Waals surface area contributed by atoms with Gasteiger partial charge >= 0.3 is 12.1 Å². The second-order valence-corrected chi connectivity index (χ2v) is 10.6. The van der Waals surface area contributed by atoms with E-state index < -0.39 is 23.7 Å². The number of hydrogen-bond acceptors (Lipinski definition) is 5. The quantitative estimate of drug-likeness (QED) is 0.153. The molecule has 4 aromatic carbocycles. The van der Waals surface area contributed by atoms with Gasteiger partial charge in [-0.15, -0.1) is 0 Å². The molecule has 1 aliphatic carbocycles. The number of carbonyl (C=O) groups excluding carboxylic acids is 1. The molecule has 2 atom stereocenters. The number of alkyl halides is 3. The van der Waals surface area contributed by atoms with E-state index in [9.17, 15) is 18.0 Å². The molecule has 0 saturated carbocycles. The summed E-state index contributed by atoms with van der Waals surface area (Å²) in [6.07, 6.45) is -4.31. The number of esters is 1. The number of ether oxygens (including phenoxy) is 4. The molecular weight excluding hydrogens is 564 g/mol. The van der Waals surface area contributed by atoms with Crippen LogP contribution in [0.3, 0.4) is 0 Å². The Hall–Kier alpha value is -4.53. The number of hydrogen-bond donors (Lipinski definition) is 0. The third-order valence-electron chi connectivity index (χ3n) is 7.90. The highest BCUT2D eigenvalue weighted by Gasteiger charge is 2.39. The summed E-state index contributed by atoms with van der Waals surface area (Å²) in [6, 6.07) is 21.0. The van der Waals surface area contributed by atoms with Gasteiger partial charge in [-0.2, -0.15) is 13.2 Å². The van der Waals surface area contributed by atoms with Crippen molar-refractivity contribution in [3.8, 4) is 28.4 Å². The van der Waals surface area contributed by atoms with Crippen LogP contribution in [0.15, 0.2) is 78.9 Å². The zero-order valence-corrected chi connectivity index (χ0v) is 23.2. The highest BCUT2D eigenvalue weighted by molar-refractivity contribution is 5.75. The lowest BCUT2D eigenvalue weighted by molar-refractivity contribution is -0.141. The summed E-state index contributed by atoms with van der Waals surface area (Å²) in [4.78, 5) is 11.7. The van der Waals surface area contributed by atoms with Crippen molar-refractivity contribution in [1.82, 2.24) is 0 Å². The Bertz CT molecular complexity index is 1650. The lowest BCUT2D eigenvalue weighted by Crippen LogP contribution is -2.11. The maximum absolute atomic E-state index is 15.5. The zero-order chi connectivity index (χ0) is 30.1. The van der Waals surface area contributed by atoms with Gasteiger partial charge in [0.25, 0.3) is 0 Å². The Balaban J connectivity index is 1.27. The van der Waals surface area contributed by atoms with Gasteiger partial charge in [0.2, 0.25) is 0 Å². The smallest absolute Gasteiger partial charge is 0.417 e. The van der Waals surface area contributed by atoms with Gasteiger partial charge in [-0.3, -0.25) is 4.79 Å². The second-order valence-electron chi connectivity index (χ2n) is 10.6. The van der Waals surface area contributed by atoms with E-state index in [-0.39, 0.29) is 48.2 Å². The van der Waals surface area contributed by atoms with E-state index in [2.05, 4.69) is 0 Å². The Morgan fingerprint density at radius 2 is 1.72 bits per heavy atom. The Morgan fingerprint density at radius 3 is 2.47 bits per heavy atom. The molecule has 0 amide bonds. The summed E-state index contributed by atoms with van der Waals surface area (Å²) in [5.41, 5.74) is 1.53. The SMILES string of the molecule is COC(=O)C[C@@H]1COc2cc(OC3CCc4c3ccc(C(F)(F)F)c4-c3ccc(OCc4ccccc4)cc3F)ccc21. The van der Waals surface area contributed by atoms with Crippen molar-refractivity contribution in [2.45, 2.75) is 44.1 Å². The molecule has 0 radical (unpaired) electrons. The number of fused-ring (bicyclic) bond motifs is 2. The van der Waals surface area contributed by atoms with E-state index in [4.69, 9.17) is 18.9 Å². The van der Waals surface area contributed by atoms with Gasteiger partial charge in [0.1, 0.15) is 35.8 Å². The van der Waals surface area contributed by atoms with E-state index in [1.165, 1.54) is 25.3 Å². The second kappa shape index (κ2) is 11.6. The average Bonchev–Trinajstić information content (AvgIpc) is 3.59. The summed E-state index contributed by atoms with van der Waals surface area (Å²) < 4.78 is 80.5. The van der Waals surface area contributed by atoms with Crippen molar-refractivity contribution < 1.29 is 41.3 Å². The summed E-state index contributed by atoms with van der Waals surface area (Å²) >= 11 is 0. The molecule has 0 bridgehead atoms. The topological polar surface area (TPSA) is 54.0 Å². The van der Waals surface area contributed by atoms with E-state index >= 15 is 4.39 Å². The standard InChI is InChI=1S/C34H28F4O5/c1-40-32(39)15-21-19-42-31-17-23(8-9-24(21)31)43-30-14-12-26-25(30)11-13-28(34(36,37)38)33(26)27-10-7-22(16-29(27)35)41-18-20-5-3-2-4-6-20/h2-11,13,16-17,21,30H,12,14-15,18-19H2,1H3/t21-,30?/m1/s1. The van der Waals surface area contributed by atoms with Crippen LogP contribution in [0.5, 0.6) is 17.2 Å². The Kier molecular flexibility index (Phi) is 7.73. The third-order valence-corrected chi connectivity index (χ3v) is 7.90. The van der Waals surface area contributed by atoms with Gasteiger partial charge < -0.3 is 18.9 Å². The molecule has 9 heteroatoms. The van der Waals surface area contributed by atoms with Crippen LogP contribution in [0.2, 0.25) is 0 Å². The zero-order valence-electron chi connectivity index (χ0n) is 23.2. The van der Waals surface area contributed by atoms with Crippen molar-refractivity contribution in [2.24, 2.45) is 0 Å². The van der Waals surface area contributed by atoms with Gasteiger partial charge in [0.05, 0.1) is 25.7 Å². The Morgan fingerprint density at radius 1 is 0.953 bits per heavy atom. The fourth-order valence-corrected chi connectivity index (χ4v) is 5.81. The van der Waals surface area contributed by atoms with Gasteiger partial charge in [-0.05, 0) is 53.8 Å². The average molecular weight is 593 g/mol. The number of benzene rings is 4. The maximum Gasteiger partial charge on any atom is 0.417 e. The molecule has 6 rings (SSSR count). The lowest BCUT2D eigenvalue weighted by atomic mass is 9.91. The molecule has 0 fully saturated rings. The van der Waals surface area contributed by atoms with Crippen molar-refractivity contribution in [2.75, 3.05) is 13.7 Å². The molecule has 2 aliphatic rings. The summed E-state index contributed by atoms with van der Waals surface area (Å²) in [6.45, 7) is 0.540. The minimum Gasteiger partial charge on any atom is -0.492 e. The van der Waals surface area contributed by atoms with Crippen LogP contribution in [-0.2, 0) is 28.7 Å². The van der Waals surface area contributed by atoms with Gasteiger partial charge in [0.15, 0.2) is 0 Å². The highest BCUT2D eigenvalue weighted by Crippen LogP contribution is 2.47. The molecule has 43 heavy (non-hydrogen) atoms. The van der Waals surface area contributed by atoms with Crippen molar-refractivity contribution >= 4 is 5.97 Å². The molecule has 4 aromatic rings. The van der Waals surface area contributed by atoms with E-state index in [0.29, 0.717) is 35.7 Å². The molecule has 1 unspecified atom stereocenters. The minimum absolute atomic E-state index is 0.128. The van der Waals surface area contributed by atoms with Gasteiger partial charge in [-0.25, -0.2) is 4.39 Å². The van der Waals surface area contributed by atoms with Crippen LogP contribution in [0.4, 0.5) is 17.6 Å². The van der Waals surface area contributed by atoms with Crippen LogP contribution >= 0.6 is 0 Å². The monoisotopic (exact) mass is 592 g/mol. The van der Waals surface area contributed by atoms with Crippen LogP contribution in [-0.4, -0.2) is 19.7 Å². The van der Waals surface area contributed by atoms with E-state index in [0.717, 1.165) is 23.3 Å². The molecule has 1 heterocycles. The maximum atomic E-state index is 15.5. The van der Waals surface area contributed by atoms with Crippen LogP contribution < -0.4 is 14.2 Å². The van der Waals surface area contributed by atoms with Gasteiger partial charge in [-0.1, -0.05) is 42.5 Å². The first-order chi connectivity index (χ1) is 20.7. The largest absolute Gasteiger partial charge is 0.492 e. The third kappa shape index (κ3) is 5.89. The molecule has 0 spiro atoms. The fourth-order valence-electron chi connectivity index (χ4n) is 5.81.